The number of carbonyl (C=O) groups excluding carboxylic acids is 2. The number of allylic oxidation sites excluding steroid dienone is 2. The van der Waals surface area contributed by atoms with Crippen molar-refractivity contribution < 1.29 is 9.59 Å². The number of nitriles is 1. The maximum atomic E-state index is 11.5. The Morgan fingerprint density at radius 3 is 2.05 bits per heavy atom. The summed E-state index contributed by atoms with van der Waals surface area (Å²) in [6.45, 7) is 18.2. The van der Waals surface area contributed by atoms with Gasteiger partial charge in [0.2, 0.25) is 0 Å². The molecule has 4 nitrogen and oxygen atoms in total. The van der Waals surface area contributed by atoms with Gasteiger partial charge in [-0.25, -0.2) is 0 Å². The molecule has 1 aliphatic rings. The summed E-state index contributed by atoms with van der Waals surface area (Å²) in [4.78, 5) is 24.2. The second-order valence-electron chi connectivity index (χ2n) is 11.9. The van der Waals surface area contributed by atoms with Gasteiger partial charge < -0.3 is 0 Å². The van der Waals surface area contributed by atoms with Gasteiger partial charge in [-0.05, 0) is 118 Å². The van der Waals surface area contributed by atoms with E-state index in [-0.39, 0.29) is 5.78 Å². The largest absolute Gasteiger partial charge is 0.299 e. The molecule has 0 aliphatic carbocycles. The molecule has 1 heterocycles. The summed E-state index contributed by atoms with van der Waals surface area (Å²) in [5, 5.41) is 8.72. The van der Waals surface area contributed by atoms with Gasteiger partial charge in [-0.3, -0.25) is 14.5 Å². The van der Waals surface area contributed by atoms with E-state index in [0.29, 0.717) is 0 Å². The van der Waals surface area contributed by atoms with Gasteiger partial charge in [0, 0.05) is 17.7 Å². The first-order valence-electron chi connectivity index (χ1n) is 16.2. The molecule has 234 valence electrons. The number of ketones is 1. The summed E-state index contributed by atoms with van der Waals surface area (Å²) in [5.41, 5.74) is 10.2. The first kappa shape index (κ1) is 36.4. The van der Waals surface area contributed by atoms with Crippen LogP contribution in [-0.2, 0) is 13.0 Å². The zero-order chi connectivity index (χ0) is 32.5. The van der Waals surface area contributed by atoms with Gasteiger partial charge in [-0.15, -0.1) is 0 Å². The van der Waals surface area contributed by atoms with Crippen molar-refractivity contribution in [1.82, 2.24) is 4.90 Å². The molecule has 4 rings (SSSR count). The highest BCUT2D eigenvalue weighted by molar-refractivity contribution is 5.95. The molecule has 0 atom stereocenters. The van der Waals surface area contributed by atoms with Crippen LogP contribution in [0.1, 0.15) is 122 Å². The highest BCUT2D eigenvalue weighted by atomic mass is 16.1. The summed E-state index contributed by atoms with van der Waals surface area (Å²) in [6, 6.07) is 23.7. The van der Waals surface area contributed by atoms with E-state index in [9.17, 15) is 9.59 Å². The van der Waals surface area contributed by atoms with Crippen LogP contribution in [0.5, 0.6) is 0 Å². The molecule has 0 radical (unpaired) electrons. The third kappa shape index (κ3) is 12.1. The fourth-order valence-corrected chi connectivity index (χ4v) is 5.41. The van der Waals surface area contributed by atoms with Gasteiger partial charge in [-0.1, -0.05) is 88.2 Å². The quantitative estimate of drug-likeness (QED) is 0.183. The Bertz CT molecular complexity index is 1390. The lowest BCUT2D eigenvalue weighted by molar-refractivity contribution is 0.101. The van der Waals surface area contributed by atoms with Crippen LogP contribution in [0, 0.1) is 24.2 Å². The van der Waals surface area contributed by atoms with E-state index in [1.807, 2.05) is 42.5 Å². The minimum absolute atomic E-state index is 0.139. The number of aryl methyl sites for hydroxylation is 2. The number of hydrogen-bond acceptors (Lipinski definition) is 4. The van der Waals surface area contributed by atoms with Crippen molar-refractivity contribution in [2.45, 2.75) is 93.5 Å². The molecular formula is C40H52N2O2. The molecule has 0 unspecified atom stereocenters. The number of Topliss-reactive ketones (excluding diaryl/α,β-unsaturated/α-hetero) is 1. The van der Waals surface area contributed by atoms with Gasteiger partial charge in [0.25, 0.3) is 0 Å². The molecule has 44 heavy (non-hydrogen) atoms. The van der Waals surface area contributed by atoms with E-state index < -0.39 is 0 Å². The molecule has 1 fully saturated rings. The first-order valence-corrected chi connectivity index (χ1v) is 16.2. The summed E-state index contributed by atoms with van der Waals surface area (Å²) in [7, 11) is 0. The number of aldehydes is 1. The van der Waals surface area contributed by atoms with Crippen LogP contribution in [0.2, 0.25) is 0 Å². The van der Waals surface area contributed by atoms with E-state index in [1.54, 1.807) is 6.92 Å². The van der Waals surface area contributed by atoms with Crippen LogP contribution in [0.15, 0.2) is 72.3 Å². The Labute approximate surface area is 266 Å². The van der Waals surface area contributed by atoms with Crippen molar-refractivity contribution in [3.05, 3.63) is 111 Å². The Hall–Kier alpha value is -3.81. The Morgan fingerprint density at radius 1 is 0.932 bits per heavy atom. The van der Waals surface area contributed by atoms with E-state index in [0.717, 1.165) is 54.7 Å². The second-order valence-corrected chi connectivity index (χ2v) is 11.9. The van der Waals surface area contributed by atoms with E-state index >= 15 is 0 Å². The molecule has 3 aromatic rings. The van der Waals surface area contributed by atoms with Crippen LogP contribution >= 0.6 is 0 Å². The predicted molar refractivity (Wildman–Crippen MR) is 185 cm³/mol. The molecule has 0 aromatic heterocycles. The highest BCUT2D eigenvalue weighted by Crippen LogP contribution is 2.28. The van der Waals surface area contributed by atoms with Gasteiger partial charge in [0.15, 0.2) is 5.78 Å². The lowest BCUT2D eigenvalue weighted by atomic mass is 9.91. The minimum atomic E-state index is 0.139. The number of nitrogens with zero attached hydrogens (tertiary/aromatic N) is 2. The molecule has 0 amide bonds. The van der Waals surface area contributed by atoms with Crippen molar-refractivity contribution in [2.75, 3.05) is 13.1 Å². The van der Waals surface area contributed by atoms with Crippen molar-refractivity contribution in [1.29, 1.82) is 5.26 Å². The molecule has 0 bridgehead atoms. The van der Waals surface area contributed by atoms with Gasteiger partial charge >= 0.3 is 0 Å². The molecule has 0 N–H and O–H groups in total. The molecule has 1 aliphatic heterocycles. The minimum Gasteiger partial charge on any atom is -0.299 e. The molecule has 0 spiro atoms. The van der Waals surface area contributed by atoms with Gasteiger partial charge in [0.05, 0.1) is 11.6 Å². The van der Waals surface area contributed by atoms with E-state index in [1.165, 1.54) is 65.8 Å². The van der Waals surface area contributed by atoms with Crippen molar-refractivity contribution in [3.63, 3.8) is 0 Å². The lowest BCUT2D eigenvalue weighted by Crippen LogP contribution is -2.32. The Kier molecular flexibility index (Phi) is 16.1. The Morgan fingerprint density at radius 2 is 1.55 bits per heavy atom. The number of hydrogen-bond donors (Lipinski definition) is 0. The highest BCUT2D eigenvalue weighted by Gasteiger charge is 2.15. The van der Waals surface area contributed by atoms with Crippen LogP contribution in [-0.4, -0.2) is 30.1 Å². The SMILES string of the molecule is CC1CCN(Cc2ccc(C#N)cc2)CC1.CCC/C(C)=C(\CC)c1cc(C(C)=O)ccc1C.CCc1ccc(C=O)cc1. The smallest absolute Gasteiger partial charge is 0.159 e. The first-order chi connectivity index (χ1) is 21.1. The fraction of sp³-hybridized carbons (Fsp3) is 0.425. The topological polar surface area (TPSA) is 61.2 Å². The monoisotopic (exact) mass is 592 g/mol. The zero-order valence-electron chi connectivity index (χ0n) is 28.1. The molecule has 0 saturated carbocycles. The van der Waals surface area contributed by atoms with Crippen LogP contribution in [0.25, 0.3) is 5.57 Å². The maximum Gasteiger partial charge on any atom is 0.159 e. The lowest BCUT2D eigenvalue weighted by Gasteiger charge is -2.30. The fourth-order valence-electron chi connectivity index (χ4n) is 5.41. The van der Waals surface area contributed by atoms with Crippen molar-refractivity contribution in [3.8, 4) is 6.07 Å². The van der Waals surface area contributed by atoms with E-state index in [4.69, 9.17) is 5.26 Å². The van der Waals surface area contributed by atoms with Crippen molar-refractivity contribution >= 4 is 17.6 Å². The zero-order valence-corrected chi connectivity index (χ0v) is 28.1. The summed E-state index contributed by atoms with van der Waals surface area (Å²) in [6.07, 6.45) is 7.84. The van der Waals surface area contributed by atoms with Crippen LogP contribution in [0.3, 0.4) is 0 Å². The maximum absolute atomic E-state index is 11.5. The number of likely N-dealkylation sites (tertiary alicyclic amines) is 1. The number of carbonyl (C=O) groups is 2. The van der Waals surface area contributed by atoms with Crippen LogP contribution < -0.4 is 0 Å². The number of piperidine rings is 1. The normalized spacial score (nSPS) is 13.8. The average molecular weight is 593 g/mol. The van der Waals surface area contributed by atoms with E-state index in [2.05, 4.69) is 76.8 Å². The number of rotatable bonds is 9. The van der Waals surface area contributed by atoms with Gasteiger partial charge in [0.1, 0.15) is 6.29 Å². The van der Waals surface area contributed by atoms with Crippen LogP contribution in [0.4, 0.5) is 0 Å². The average Bonchev–Trinajstić information content (AvgIpc) is 3.04. The summed E-state index contributed by atoms with van der Waals surface area (Å²) < 4.78 is 0. The van der Waals surface area contributed by atoms with Crippen molar-refractivity contribution in [2.24, 2.45) is 5.92 Å². The third-order valence-corrected chi connectivity index (χ3v) is 8.35. The van der Waals surface area contributed by atoms with Gasteiger partial charge in [-0.2, -0.15) is 5.26 Å². The molecule has 1 saturated heterocycles. The molecular weight excluding hydrogens is 540 g/mol. The summed E-state index contributed by atoms with van der Waals surface area (Å²) >= 11 is 0. The third-order valence-electron chi connectivity index (χ3n) is 8.35. The number of benzene rings is 3. The second kappa shape index (κ2) is 19.5. The summed E-state index contributed by atoms with van der Waals surface area (Å²) in [5.74, 6) is 1.03. The molecule has 3 aromatic carbocycles. The molecule has 4 heteroatoms. The standard InChI is InChI=1S/C17H24O.C14H18N2.C9H10O/c1-6-8-12(3)16(7-2)17-11-15(14(5)18)10-9-13(17)4;1-12-6-8-16(9-7-12)11-14-4-2-13(10-15)3-5-14;1-2-8-3-5-9(7-10)6-4-8/h9-11H,6-8H2,1-5H3;2-5,12H,6-9,11H2,1H3;3-7H,2H2,1H3/b16-12+;;. The predicted octanol–water partition coefficient (Wildman–Crippen LogP) is 10.0. The Balaban J connectivity index is 0.000000239.